The molecule has 1 heterocycles. The number of cyclic esters (lactones) is 1. The van der Waals surface area contributed by atoms with Gasteiger partial charge in [0.25, 0.3) is 0 Å². The Labute approximate surface area is 172 Å². The van der Waals surface area contributed by atoms with E-state index >= 15 is 0 Å². The Hall–Kier alpha value is -3.32. The zero-order valence-corrected chi connectivity index (χ0v) is 16.8. The molecule has 0 aliphatic carbocycles. The third kappa shape index (κ3) is 4.57. The standard InChI is InChI=1S/C21H18ClNO6/c1-4-19(24)28-17-7-5-12(10-18(17)27-3)9-15-21(25)29-20(23-15)14-11-13(22)6-8-16(14)26-2/h5-11H,4H2,1-3H3/b15-9-. The number of hydrogen-bond acceptors (Lipinski definition) is 7. The van der Waals surface area contributed by atoms with Gasteiger partial charge in [0.1, 0.15) is 5.75 Å². The first kappa shape index (κ1) is 20.4. The highest BCUT2D eigenvalue weighted by atomic mass is 35.5. The number of aliphatic imine (C=N–C) groups is 1. The van der Waals surface area contributed by atoms with E-state index in [0.717, 1.165) is 0 Å². The lowest BCUT2D eigenvalue weighted by Crippen LogP contribution is -2.07. The minimum Gasteiger partial charge on any atom is -0.496 e. The van der Waals surface area contributed by atoms with Crippen LogP contribution in [-0.2, 0) is 14.3 Å². The van der Waals surface area contributed by atoms with Crippen LogP contribution in [0.5, 0.6) is 17.2 Å². The van der Waals surface area contributed by atoms with Crippen molar-refractivity contribution in [3.63, 3.8) is 0 Å². The summed E-state index contributed by atoms with van der Waals surface area (Å²) < 4.78 is 21.0. The van der Waals surface area contributed by atoms with E-state index in [1.54, 1.807) is 49.4 Å². The van der Waals surface area contributed by atoms with Gasteiger partial charge in [0.05, 0.1) is 19.8 Å². The first-order chi connectivity index (χ1) is 13.9. The van der Waals surface area contributed by atoms with Gasteiger partial charge in [0, 0.05) is 11.4 Å². The van der Waals surface area contributed by atoms with E-state index in [1.165, 1.54) is 14.2 Å². The normalized spacial score (nSPS) is 14.4. The van der Waals surface area contributed by atoms with E-state index in [2.05, 4.69) is 4.99 Å². The number of carbonyl (C=O) groups is 2. The number of benzene rings is 2. The van der Waals surface area contributed by atoms with Crippen LogP contribution in [0.3, 0.4) is 0 Å². The van der Waals surface area contributed by atoms with Crippen LogP contribution in [0.2, 0.25) is 5.02 Å². The zero-order chi connectivity index (χ0) is 21.0. The van der Waals surface area contributed by atoms with E-state index in [-0.39, 0.29) is 24.0 Å². The third-order valence-electron chi connectivity index (χ3n) is 4.02. The van der Waals surface area contributed by atoms with E-state index in [4.69, 9.17) is 30.5 Å². The van der Waals surface area contributed by atoms with Crippen molar-refractivity contribution in [2.75, 3.05) is 14.2 Å². The van der Waals surface area contributed by atoms with Crippen molar-refractivity contribution in [2.45, 2.75) is 13.3 Å². The first-order valence-electron chi connectivity index (χ1n) is 8.70. The third-order valence-corrected chi connectivity index (χ3v) is 4.25. The number of rotatable bonds is 6. The van der Waals surface area contributed by atoms with Crippen molar-refractivity contribution in [1.82, 2.24) is 0 Å². The number of halogens is 1. The average molecular weight is 416 g/mol. The van der Waals surface area contributed by atoms with E-state index in [0.29, 0.717) is 33.4 Å². The van der Waals surface area contributed by atoms with Gasteiger partial charge >= 0.3 is 11.9 Å². The topological polar surface area (TPSA) is 83.4 Å². The second kappa shape index (κ2) is 8.79. The molecule has 7 nitrogen and oxygen atoms in total. The van der Waals surface area contributed by atoms with Crippen molar-refractivity contribution in [1.29, 1.82) is 0 Å². The van der Waals surface area contributed by atoms with Crippen molar-refractivity contribution < 1.29 is 28.5 Å². The van der Waals surface area contributed by atoms with Crippen molar-refractivity contribution >= 4 is 35.5 Å². The summed E-state index contributed by atoms with van der Waals surface area (Å²) in [5.41, 5.74) is 1.19. The van der Waals surface area contributed by atoms with Gasteiger partial charge in [0.15, 0.2) is 17.2 Å². The maximum absolute atomic E-state index is 12.3. The number of hydrogen-bond donors (Lipinski definition) is 0. The fourth-order valence-electron chi connectivity index (χ4n) is 2.58. The summed E-state index contributed by atoms with van der Waals surface area (Å²) in [6, 6.07) is 9.83. The minimum atomic E-state index is -0.609. The number of nitrogens with zero attached hydrogens (tertiary/aromatic N) is 1. The summed E-state index contributed by atoms with van der Waals surface area (Å²) in [4.78, 5) is 28.1. The molecule has 0 bridgehead atoms. The highest BCUT2D eigenvalue weighted by molar-refractivity contribution is 6.31. The van der Waals surface area contributed by atoms with E-state index in [1.807, 2.05) is 0 Å². The van der Waals surface area contributed by atoms with Crippen LogP contribution < -0.4 is 14.2 Å². The smallest absolute Gasteiger partial charge is 0.363 e. The predicted molar refractivity (Wildman–Crippen MR) is 108 cm³/mol. The fourth-order valence-corrected chi connectivity index (χ4v) is 2.75. The van der Waals surface area contributed by atoms with Crippen LogP contribution in [0.1, 0.15) is 24.5 Å². The molecule has 29 heavy (non-hydrogen) atoms. The van der Waals surface area contributed by atoms with Gasteiger partial charge in [-0.25, -0.2) is 9.79 Å². The van der Waals surface area contributed by atoms with E-state index in [9.17, 15) is 9.59 Å². The van der Waals surface area contributed by atoms with Gasteiger partial charge in [0.2, 0.25) is 5.90 Å². The van der Waals surface area contributed by atoms with Gasteiger partial charge in [-0.15, -0.1) is 0 Å². The maximum atomic E-state index is 12.3. The number of carbonyl (C=O) groups excluding carboxylic acids is 2. The quantitative estimate of drug-likeness (QED) is 0.402. The highest BCUT2D eigenvalue weighted by Crippen LogP contribution is 2.31. The van der Waals surface area contributed by atoms with Gasteiger partial charge in [-0.3, -0.25) is 4.79 Å². The Morgan fingerprint density at radius 3 is 2.52 bits per heavy atom. The summed E-state index contributed by atoms with van der Waals surface area (Å²) in [6.07, 6.45) is 1.78. The number of methoxy groups -OCH3 is 2. The molecular formula is C21H18ClNO6. The molecule has 0 aromatic heterocycles. The Bertz CT molecular complexity index is 1030. The van der Waals surface area contributed by atoms with Gasteiger partial charge in [-0.05, 0) is 42.0 Å². The molecule has 3 rings (SSSR count). The Kier molecular flexibility index (Phi) is 6.19. The predicted octanol–water partition coefficient (Wildman–Crippen LogP) is 4.02. The molecule has 2 aromatic carbocycles. The molecule has 0 saturated heterocycles. The monoisotopic (exact) mass is 415 g/mol. The van der Waals surface area contributed by atoms with Crippen molar-refractivity contribution in [3.8, 4) is 17.2 Å². The van der Waals surface area contributed by atoms with Crippen LogP contribution in [0.4, 0.5) is 0 Å². The van der Waals surface area contributed by atoms with Gasteiger partial charge in [-0.1, -0.05) is 24.6 Å². The van der Waals surface area contributed by atoms with Gasteiger partial charge < -0.3 is 18.9 Å². The highest BCUT2D eigenvalue weighted by Gasteiger charge is 2.26. The van der Waals surface area contributed by atoms with Crippen LogP contribution >= 0.6 is 11.6 Å². The molecule has 0 fully saturated rings. The lowest BCUT2D eigenvalue weighted by atomic mass is 10.1. The minimum absolute atomic E-state index is 0.0982. The lowest BCUT2D eigenvalue weighted by Gasteiger charge is -2.09. The summed E-state index contributed by atoms with van der Waals surface area (Å²) >= 11 is 6.03. The fraction of sp³-hybridized carbons (Fsp3) is 0.190. The number of ether oxygens (including phenoxy) is 4. The Balaban J connectivity index is 1.93. The average Bonchev–Trinajstić information content (AvgIpc) is 3.09. The van der Waals surface area contributed by atoms with Crippen LogP contribution in [0.25, 0.3) is 6.08 Å². The molecule has 2 aromatic rings. The SMILES string of the molecule is CCC(=O)Oc1ccc(/C=C2\N=C(c3cc(Cl)ccc3OC)OC2=O)cc1OC. The Morgan fingerprint density at radius 1 is 1.10 bits per heavy atom. The number of esters is 2. The van der Waals surface area contributed by atoms with Gasteiger partial charge in [-0.2, -0.15) is 0 Å². The summed E-state index contributed by atoms with van der Waals surface area (Å²) in [5, 5.41) is 0.457. The zero-order valence-electron chi connectivity index (χ0n) is 16.0. The molecule has 0 unspecified atom stereocenters. The Morgan fingerprint density at radius 2 is 1.83 bits per heavy atom. The molecule has 0 atom stereocenters. The summed E-state index contributed by atoms with van der Waals surface area (Å²) in [6.45, 7) is 1.70. The van der Waals surface area contributed by atoms with Crippen molar-refractivity contribution in [2.24, 2.45) is 4.99 Å². The molecular weight excluding hydrogens is 398 g/mol. The molecule has 8 heteroatoms. The molecule has 0 spiro atoms. The molecule has 1 aliphatic heterocycles. The molecule has 1 aliphatic rings. The largest absolute Gasteiger partial charge is 0.496 e. The lowest BCUT2D eigenvalue weighted by molar-refractivity contribution is -0.134. The second-order valence-electron chi connectivity index (χ2n) is 5.92. The molecule has 150 valence electrons. The molecule has 0 saturated carbocycles. The molecule has 0 N–H and O–H groups in total. The van der Waals surface area contributed by atoms with Crippen LogP contribution in [0.15, 0.2) is 47.1 Å². The summed E-state index contributed by atoms with van der Waals surface area (Å²) in [7, 11) is 2.96. The summed E-state index contributed by atoms with van der Waals surface area (Å²) in [5.74, 6) is 0.240. The van der Waals surface area contributed by atoms with Crippen LogP contribution in [-0.4, -0.2) is 32.1 Å². The van der Waals surface area contributed by atoms with Crippen molar-refractivity contribution in [3.05, 3.63) is 58.2 Å². The first-order valence-corrected chi connectivity index (χ1v) is 9.08. The van der Waals surface area contributed by atoms with Crippen LogP contribution in [0, 0.1) is 0 Å². The molecule has 0 radical (unpaired) electrons. The second-order valence-corrected chi connectivity index (χ2v) is 6.36. The molecule has 0 amide bonds. The van der Waals surface area contributed by atoms with E-state index < -0.39 is 5.97 Å². The maximum Gasteiger partial charge on any atom is 0.363 e.